The van der Waals surface area contributed by atoms with E-state index in [0.29, 0.717) is 0 Å². The normalized spacial score (nSPS) is 14.4. The number of alkyl halides is 1. The van der Waals surface area contributed by atoms with Gasteiger partial charge in [0, 0.05) is 4.47 Å². The molecule has 4 heteroatoms. The zero-order valence-corrected chi connectivity index (χ0v) is 11.0. The second-order valence-electron chi connectivity index (χ2n) is 3.40. The van der Waals surface area contributed by atoms with Gasteiger partial charge in [0.25, 0.3) is 0 Å². The van der Waals surface area contributed by atoms with E-state index in [1.807, 2.05) is 31.2 Å². The van der Waals surface area contributed by atoms with Crippen molar-refractivity contribution >= 4 is 33.4 Å². The summed E-state index contributed by atoms with van der Waals surface area (Å²) in [5.74, 6) is -0.149. The second kappa shape index (κ2) is 5.52. The highest BCUT2D eigenvalue weighted by Gasteiger charge is 2.13. The third-order valence-electron chi connectivity index (χ3n) is 2.07. The van der Waals surface area contributed by atoms with E-state index in [2.05, 4.69) is 21.2 Å². The summed E-state index contributed by atoms with van der Waals surface area (Å²) >= 11 is 9.06. The summed E-state index contributed by atoms with van der Waals surface area (Å²) in [6, 6.07) is 7.79. The van der Waals surface area contributed by atoms with Gasteiger partial charge in [0.15, 0.2) is 0 Å². The summed E-state index contributed by atoms with van der Waals surface area (Å²) in [6.07, 6.45) is 0. The molecule has 1 aromatic rings. The molecule has 0 spiro atoms. The van der Waals surface area contributed by atoms with Gasteiger partial charge in [-0.3, -0.25) is 4.79 Å². The number of hydrogen-bond donors (Lipinski definition) is 1. The Bertz CT molecular complexity index is 354. The van der Waals surface area contributed by atoms with Gasteiger partial charge in [-0.2, -0.15) is 0 Å². The van der Waals surface area contributed by atoms with E-state index in [1.165, 1.54) is 0 Å². The highest BCUT2D eigenvalue weighted by molar-refractivity contribution is 9.10. The SMILES string of the molecule is CC(Cl)C(=O)NC(C)c1cccc(Br)c1. The Morgan fingerprint density at radius 3 is 2.67 bits per heavy atom. The van der Waals surface area contributed by atoms with Crippen LogP contribution in [0.15, 0.2) is 28.7 Å². The number of carbonyl (C=O) groups excluding carboxylic acids is 1. The van der Waals surface area contributed by atoms with Crippen molar-refractivity contribution in [2.45, 2.75) is 25.3 Å². The van der Waals surface area contributed by atoms with Gasteiger partial charge in [-0.1, -0.05) is 28.1 Å². The molecule has 0 heterocycles. The quantitative estimate of drug-likeness (QED) is 0.851. The zero-order chi connectivity index (χ0) is 11.4. The Labute approximate surface area is 103 Å². The van der Waals surface area contributed by atoms with Crippen LogP contribution in [0.3, 0.4) is 0 Å². The van der Waals surface area contributed by atoms with Gasteiger partial charge in [0.05, 0.1) is 6.04 Å². The maximum Gasteiger partial charge on any atom is 0.238 e. The van der Waals surface area contributed by atoms with Gasteiger partial charge < -0.3 is 5.32 Å². The standard InChI is InChI=1S/C11H13BrClNO/c1-7(13)11(15)14-8(2)9-4-3-5-10(12)6-9/h3-8H,1-2H3,(H,14,15). The smallest absolute Gasteiger partial charge is 0.238 e. The predicted octanol–water partition coefficient (Wildman–Crippen LogP) is 3.25. The molecule has 0 fully saturated rings. The number of rotatable bonds is 3. The van der Waals surface area contributed by atoms with E-state index in [-0.39, 0.29) is 11.9 Å². The lowest BCUT2D eigenvalue weighted by atomic mass is 10.1. The van der Waals surface area contributed by atoms with Crippen LogP contribution in [0, 0.1) is 0 Å². The first kappa shape index (κ1) is 12.5. The first-order valence-electron chi connectivity index (χ1n) is 4.70. The van der Waals surface area contributed by atoms with Crippen LogP contribution >= 0.6 is 27.5 Å². The molecule has 0 aliphatic heterocycles. The number of halogens is 2. The predicted molar refractivity (Wildman–Crippen MR) is 66.0 cm³/mol. The molecule has 1 aromatic carbocycles. The average Bonchev–Trinajstić information content (AvgIpc) is 2.17. The number of benzene rings is 1. The molecule has 15 heavy (non-hydrogen) atoms. The summed E-state index contributed by atoms with van der Waals surface area (Å²) in [7, 11) is 0. The van der Waals surface area contributed by atoms with Crippen LogP contribution in [0.5, 0.6) is 0 Å². The van der Waals surface area contributed by atoms with Crippen molar-refractivity contribution in [2.75, 3.05) is 0 Å². The highest BCUT2D eigenvalue weighted by Crippen LogP contribution is 2.18. The van der Waals surface area contributed by atoms with Gasteiger partial charge >= 0.3 is 0 Å². The van der Waals surface area contributed by atoms with Crippen LogP contribution in [0.4, 0.5) is 0 Å². The van der Waals surface area contributed by atoms with Crippen molar-refractivity contribution < 1.29 is 4.79 Å². The largest absolute Gasteiger partial charge is 0.348 e. The Morgan fingerprint density at radius 1 is 1.47 bits per heavy atom. The fraction of sp³-hybridized carbons (Fsp3) is 0.364. The summed E-state index contributed by atoms with van der Waals surface area (Å²) in [6.45, 7) is 3.59. The van der Waals surface area contributed by atoms with Gasteiger partial charge in [-0.05, 0) is 31.5 Å². The molecule has 0 saturated carbocycles. The molecule has 0 radical (unpaired) electrons. The second-order valence-corrected chi connectivity index (χ2v) is 4.97. The molecular weight excluding hydrogens is 277 g/mol. The van der Waals surface area contributed by atoms with Crippen molar-refractivity contribution in [3.05, 3.63) is 34.3 Å². The maximum atomic E-state index is 11.4. The lowest BCUT2D eigenvalue weighted by molar-refractivity contribution is -0.121. The molecule has 0 aromatic heterocycles. The van der Waals surface area contributed by atoms with Gasteiger partial charge in [0.2, 0.25) is 5.91 Å². The third kappa shape index (κ3) is 3.84. The summed E-state index contributed by atoms with van der Waals surface area (Å²) in [5, 5.41) is 2.33. The molecular formula is C11H13BrClNO. The monoisotopic (exact) mass is 289 g/mol. The first-order chi connectivity index (χ1) is 7.00. The lowest BCUT2D eigenvalue weighted by Crippen LogP contribution is -2.31. The van der Waals surface area contributed by atoms with Crippen LogP contribution in [-0.4, -0.2) is 11.3 Å². The van der Waals surface area contributed by atoms with Crippen molar-refractivity contribution in [2.24, 2.45) is 0 Å². The molecule has 1 N–H and O–H groups in total. The lowest BCUT2D eigenvalue weighted by Gasteiger charge is -2.15. The molecule has 1 rings (SSSR count). The molecule has 0 bridgehead atoms. The van der Waals surface area contributed by atoms with Crippen molar-refractivity contribution in [3.8, 4) is 0 Å². The van der Waals surface area contributed by atoms with E-state index >= 15 is 0 Å². The Hall–Kier alpha value is -0.540. The van der Waals surface area contributed by atoms with E-state index in [4.69, 9.17) is 11.6 Å². The number of nitrogens with one attached hydrogen (secondary N) is 1. The van der Waals surface area contributed by atoms with E-state index in [9.17, 15) is 4.79 Å². The molecule has 2 unspecified atom stereocenters. The first-order valence-corrected chi connectivity index (χ1v) is 5.93. The van der Waals surface area contributed by atoms with E-state index in [0.717, 1.165) is 10.0 Å². The molecule has 0 saturated heterocycles. The van der Waals surface area contributed by atoms with Gasteiger partial charge in [-0.15, -0.1) is 11.6 Å². The maximum absolute atomic E-state index is 11.4. The summed E-state index contributed by atoms with van der Waals surface area (Å²) in [4.78, 5) is 11.4. The summed E-state index contributed by atoms with van der Waals surface area (Å²) in [5.41, 5.74) is 1.05. The number of carbonyl (C=O) groups is 1. The van der Waals surface area contributed by atoms with Gasteiger partial charge in [0.1, 0.15) is 5.38 Å². The van der Waals surface area contributed by atoms with E-state index < -0.39 is 5.38 Å². The summed E-state index contributed by atoms with van der Waals surface area (Å²) < 4.78 is 1.00. The average molecular weight is 291 g/mol. The van der Waals surface area contributed by atoms with Crippen LogP contribution in [0.1, 0.15) is 25.5 Å². The fourth-order valence-electron chi connectivity index (χ4n) is 1.19. The third-order valence-corrected chi connectivity index (χ3v) is 2.76. The minimum Gasteiger partial charge on any atom is -0.348 e. The minimum atomic E-state index is -0.500. The van der Waals surface area contributed by atoms with Crippen LogP contribution in [0.2, 0.25) is 0 Å². The fourth-order valence-corrected chi connectivity index (χ4v) is 1.67. The molecule has 2 atom stereocenters. The minimum absolute atomic E-state index is 0.0313. The molecule has 0 aliphatic carbocycles. The van der Waals surface area contributed by atoms with Crippen LogP contribution < -0.4 is 5.32 Å². The zero-order valence-electron chi connectivity index (χ0n) is 8.63. The Morgan fingerprint density at radius 2 is 2.13 bits per heavy atom. The highest BCUT2D eigenvalue weighted by atomic mass is 79.9. The molecule has 0 aliphatic rings. The topological polar surface area (TPSA) is 29.1 Å². The van der Waals surface area contributed by atoms with Crippen molar-refractivity contribution in [1.82, 2.24) is 5.32 Å². The molecule has 82 valence electrons. The van der Waals surface area contributed by atoms with Crippen LogP contribution in [-0.2, 0) is 4.79 Å². The number of hydrogen-bond acceptors (Lipinski definition) is 1. The van der Waals surface area contributed by atoms with Crippen molar-refractivity contribution in [3.63, 3.8) is 0 Å². The van der Waals surface area contributed by atoms with Gasteiger partial charge in [-0.25, -0.2) is 0 Å². The van der Waals surface area contributed by atoms with Crippen LogP contribution in [0.25, 0.3) is 0 Å². The Balaban J connectivity index is 2.69. The molecule has 1 amide bonds. The molecule has 2 nitrogen and oxygen atoms in total. The number of amides is 1. The van der Waals surface area contributed by atoms with E-state index in [1.54, 1.807) is 6.92 Å². The Kier molecular flexibility index (Phi) is 4.61. The van der Waals surface area contributed by atoms with Crippen molar-refractivity contribution in [1.29, 1.82) is 0 Å².